The molecule has 3 rings (SSSR count). The van der Waals surface area contributed by atoms with Crippen molar-refractivity contribution in [2.75, 3.05) is 11.9 Å². The van der Waals surface area contributed by atoms with Crippen molar-refractivity contribution >= 4 is 11.6 Å². The molecule has 6 nitrogen and oxygen atoms in total. The second-order valence-corrected chi connectivity index (χ2v) is 5.55. The quantitative estimate of drug-likeness (QED) is 0.846. The molecule has 1 saturated heterocycles. The molecule has 0 bridgehead atoms. The summed E-state index contributed by atoms with van der Waals surface area (Å²) >= 11 is 0. The van der Waals surface area contributed by atoms with E-state index >= 15 is 0 Å². The van der Waals surface area contributed by atoms with E-state index in [9.17, 15) is 4.79 Å². The van der Waals surface area contributed by atoms with Crippen molar-refractivity contribution in [1.29, 1.82) is 0 Å². The van der Waals surface area contributed by atoms with Gasteiger partial charge in [-0.2, -0.15) is 5.10 Å². The molecule has 1 aliphatic carbocycles. The molecule has 0 aromatic carbocycles. The maximum Gasteiger partial charge on any atom is 0.244 e. The Kier molecular flexibility index (Phi) is 3.28. The summed E-state index contributed by atoms with van der Waals surface area (Å²) in [5.74, 6) is -0.101. The minimum Gasteiger partial charge on any atom is -0.376 e. The number of rotatable bonds is 4. The van der Waals surface area contributed by atoms with E-state index in [-0.39, 0.29) is 12.0 Å². The Balaban J connectivity index is 1.56. The zero-order chi connectivity index (χ0) is 13.3. The zero-order valence-electron chi connectivity index (χ0n) is 11.0. The molecule has 1 amide bonds. The van der Waals surface area contributed by atoms with Gasteiger partial charge in [-0.3, -0.25) is 9.48 Å². The Morgan fingerprint density at radius 3 is 3.05 bits per heavy atom. The number of nitrogens with two attached hydrogens (primary N) is 1. The predicted octanol–water partition coefficient (Wildman–Crippen LogP) is 0.882. The lowest BCUT2D eigenvalue weighted by Crippen LogP contribution is -2.56. The molecule has 1 atom stereocenters. The van der Waals surface area contributed by atoms with E-state index in [1.807, 2.05) is 10.9 Å². The van der Waals surface area contributed by atoms with Crippen LogP contribution < -0.4 is 11.1 Å². The first-order valence-electron chi connectivity index (χ1n) is 6.90. The molecule has 19 heavy (non-hydrogen) atoms. The second-order valence-electron chi connectivity index (χ2n) is 5.55. The number of hydrogen-bond donors (Lipinski definition) is 2. The fourth-order valence-corrected chi connectivity index (χ4v) is 2.57. The van der Waals surface area contributed by atoms with Crippen molar-refractivity contribution in [1.82, 2.24) is 9.78 Å². The minimum atomic E-state index is -0.670. The van der Waals surface area contributed by atoms with E-state index in [1.165, 1.54) is 0 Å². The highest BCUT2D eigenvalue weighted by Crippen LogP contribution is 2.30. The number of carbonyl (C=O) groups excluding carboxylic acids is 1. The third-order valence-corrected chi connectivity index (χ3v) is 4.00. The van der Waals surface area contributed by atoms with E-state index in [0.717, 1.165) is 45.3 Å². The highest BCUT2D eigenvalue weighted by atomic mass is 16.5. The first kappa shape index (κ1) is 12.6. The average molecular weight is 264 g/mol. The summed E-state index contributed by atoms with van der Waals surface area (Å²) in [6, 6.07) is 0. The number of aromatic nitrogens is 2. The maximum absolute atomic E-state index is 12.0. The Morgan fingerprint density at radius 1 is 1.58 bits per heavy atom. The monoisotopic (exact) mass is 264 g/mol. The topological polar surface area (TPSA) is 82.2 Å². The van der Waals surface area contributed by atoms with Gasteiger partial charge in [0.1, 0.15) is 0 Å². The number of amides is 1. The third-order valence-electron chi connectivity index (χ3n) is 4.00. The van der Waals surface area contributed by atoms with E-state index in [0.29, 0.717) is 5.69 Å². The first-order chi connectivity index (χ1) is 9.16. The Hall–Kier alpha value is -1.40. The third kappa shape index (κ3) is 2.64. The van der Waals surface area contributed by atoms with Crippen LogP contribution in [0.5, 0.6) is 0 Å². The standard InChI is InChI=1S/C13H20N4O2/c14-13(4-2-5-13)12(18)16-10-7-15-17(8-10)9-11-3-1-6-19-11/h7-8,11H,1-6,9,14H2,(H,16,18). The average Bonchev–Trinajstić information content (AvgIpc) is 2.99. The van der Waals surface area contributed by atoms with Crippen LogP contribution in [0.1, 0.15) is 32.1 Å². The molecule has 2 fully saturated rings. The SMILES string of the molecule is NC1(C(=O)Nc2cnn(CC3CCCO3)c2)CCC1. The van der Waals surface area contributed by atoms with Crippen LogP contribution in [-0.4, -0.2) is 33.9 Å². The molecule has 1 saturated carbocycles. The summed E-state index contributed by atoms with van der Waals surface area (Å²) in [6.07, 6.45) is 8.50. The predicted molar refractivity (Wildman–Crippen MR) is 70.6 cm³/mol. The molecule has 1 aromatic heterocycles. The van der Waals surface area contributed by atoms with Crippen molar-refractivity contribution in [3.63, 3.8) is 0 Å². The molecule has 1 unspecified atom stereocenters. The highest BCUT2D eigenvalue weighted by molar-refractivity contribution is 5.98. The first-order valence-corrected chi connectivity index (χ1v) is 6.90. The van der Waals surface area contributed by atoms with Crippen LogP contribution in [0.2, 0.25) is 0 Å². The Morgan fingerprint density at radius 2 is 2.42 bits per heavy atom. The fraction of sp³-hybridized carbons (Fsp3) is 0.692. The summed E-state index contributed by atoms with van der Waals surface area (Å²) in [6.45, 7) is 1.58. The van der Waals surface area contributed by atoms with Gasteiger partial charge in [-0.25, -0.2) is 0 Å². The van der Waals surface area contributed by atoms with Gasteiger partial charge in [-0.1, -0.05) is 0 Å². The number of ether oxygens (including phenoxy) is 1. The van der Waals surface area contributed by atoms with Crippen molar-refractivity contribution in [2.45, 2.75) is 50.3 Å². The van der Waals surface area contributed by atoms with Crippen molar-refractivity contribution in [2.24, 2.45) is 5.73 Å². The molecule has 1 aromatic rings. The molecule has 0 radical (unpaired) electrons. The van der Waals surface area contributed by atoms with Gasteiger partial charge in [0.25, 0.3) is 0 Å². The minimum absolute atomic E-state index is 0.101. The molecule has 6 heteroatoms. The summed E-state index contributed by atoms with van der Waals surface area (Å²) in [5.41, 5.74) is 6.01. The van der Waals surface area contributed by atoms with E-state index < -0.39 is 5.54 Å². The van der Waals surface area contributed by atoms with Crippen LogP contribution in [0, 0.1) is 0 Å². The molecule has 1 aliphatic heterocycles. The van der Waals surface area contributed by atoms with Gasteiger partial charge in [-0.15, -0.1) is 0 Å². The van der Waals surface area contributed by atoms with Gasteiger partial charge in [0.15, 0.2) is 0 Å². The molecular weight excluding hydrogens is 244 g/mol. The molecule has 0 spiro atoms. The van der Waals surface area contributed by atoms with Crippen LogP contribution in [-0.2, 0) is 16.1 Å². The number of carbonyl (C=O) groups is 1. The van der Waals surface area contributed by atoms with Gasteiger partial charge in [0.05, 0.1) is 30.1 Å². The number of nitrogens with zero attached hydrogens (tertiary/aromatic N) is 2. The summed E-state index contributed by atoms with van der Waals surface area (Å²) in [7, 11) is 0. The van der Waals surface area contributed by atoms with E-state index in [2.05, 4.69) is 10.4 Å². The van der Waals surface area contributed by atoms with Gasteiger partial charge < -0.3 is 15.8 Å². The number of anilines is 1. The zero-order valence-corrected chi connectivity index (χ0v) is 11.0. The summed E-state index contributed by atoms with van der Waals surface area (Å²) in [4.78, 5) is 12.0. The van der Waals surface area contributed by atoms with Crippen LogP contribution in [0.4, 0.5) is 5.69 Å². The number of nitrogens with one attached hydrogen (secondary N) is 1. The smallest absolute Gasteiger partial charge is 0.244 e. The highest BCUT2D eigenvalue weighted by Gasteiger charge is 2.40. The molecule has 3 N–H and O–H groups in total. The molecule has 2 aliphatic rings. The van der Waals surface area contributed by atoms with Crippen molar-refractivity contribution < 1.29 is 9.53 Å². The summed E-state index contributed by atoms with van der Waals surface area (Å²) in [5, 5.41) is 7.08. The lowest BCUT2D eigenvalue weighted by Gasteiger charge is -2.35. The second kappa shape index (κ2) is 4.94. The van der Waals surface area contributed by atoms with E-state index in [4.69, 9.17) is 10.5 Å². The van der Waals surface area contributed by atoms with Crippen LogP contribution in [0.25, 0.3) is 0 Å². The van der Waals surface area contributed by atoms with Crippen LogP contribution >= 0.6 is 0 Å². The van der Waals surface area contributed by atoms with Crippen molar-refractivity contribution in [3.05, 3.63) is 12.4 Å². The summed E-state index contributed by atoms with van der Waals surface area (Å²) < 4.78 is 7.37. The van der Waals surface area contributed by atoms with Gasteiger partial charge in [0.2, 0.25) is 5.91 Å². The fourth-order valence-electron chi connectivity index (χ4n) is 2.57. The maximum atomic E-state index is 12.0. The molecule has 2 heterocycles. The van der Waals surface area contributed by atoms with Gasteiger partial charge >= 0.3 is 0 Å². The Bertz CT molecular complexity index is 461. The largest absolute Gasteiger partial charge is 0.376 e. The number of hydrogen-bond acceptors (Lipinski definition) is 4. The normalized spacial score (nSPS) is 25.0. The lowest BCUT2D eigenvalue weighted by atomic mass is 9.77. The molecule has 104 valence electrons. The van der Waals surface area contributed by atoms with Gasteiger partial charge in [-0.05, 0) is 32.1 Å². The molecular formula is C13H20N4O2. The Labute approximate surface area is 112 Å². The van der Waals surface area contributed by atoms with Crippen LogP contribution in [0.15, 0.2) is 12.4 Å². The lowest BCUT2D eigenvalue weighted by molar-refractivity contribution is -0.123. The van der Waals surface area contributed by atoms with E-state index in [1.54, 1.807) is 6.20 Å². The van der Waals surface area contributed by atoms with Crippen LogP contribution in [0.3, 0.4) is 0 Å². The van der Waals surface area contributed by atoms with Crippen molar-refractivity contribution in [3.8, 4) is 0 Å². The van der Waals surface area contributed by atoms with Gasteiger partial charge in [0, 0.05) is 12.8 Å².